The average Bonchev–Trinajstić information content (AvgIpc) is 3.04. The topological polar surface area (TPSA) is 114 Å². The Morgan fingerprint density at radius 3 is 2.02 bits per heavy atom. The zero-order valence-corrected chi connectivity index (χ0v) is 29.6. The van der Waals surface area contributed by atoms with Gasteiger partial charge in [-0.15, -0.1) is 0 Å². The number of amides is 2. The maximum Gasteiger partial charge on any atom is 0.265 e. The highest BCUT2D eigenvalue weighted by Crippen LogP contribution is 2.37. The molecule has 0 aliphatic heterocycles. The summed E-state index contributed by atoms with van der Waals surface area (Å²) in [5.41, 5.74) is 0.412. The van der Waals surface area contributed by atoms with Gasteiger partial charge in [0.15, 0.2) is 11.5 Å². The molecule has 0 spiro atoms. The van der Waals surface area contributed by atoms with Gasteiger partial charge in [0, 0.05) is 39.3 Å². The van der Waals surface area contributed by atoms with E-state index in [4.69, 9.17) is 49.0 Å². The van der Waals surface area contributed by atoms with Crippen LogP contribution in [0.25, 0.3) is 0 Å². The Hall–Kier alpha value is -3.38. The van der Waals surface area contributed by atoms with Crippen LogP contribution in [0.15, 0.2) is 59.5 Å². The third-order valence-corrected chi connectivity index (χ3v) is 10.1. The molecule has 2 atom stereocenters. The fraction of sp³-hybridized carbons (Fsp3) is 0.375. The quantitative estimate of drug-likeness (QED) is 0.189. The molecule has 3 rings (SSSR count). The van der Waals surface area contributed by atoms with Gasteiger partial charge < -0.3 is 24.4 Å². The minimum absolute atomic E-state index is 0.00552. The van der Waals surface area contributed by atoms with E-state index in [2.05, 4.69) is 5.32 Å². The molecule has 0 aliphatic rings. The lowest BCUT2D eigenvalue weighted by atomic mass is 10.1. The standard InChI is InChI=1S/C32H38Cl3N3O7S/c1-7-20(3)36-32(40)26(8-2)37(18-23-24(34)10-9-11-25(23)35)31(39)19-38(27-16-21(33)12-14-28(27)43-4)46(41,42)22-13-15-29(44-5)30(17-22)45-6/h9-17,20,26H,7-8,18-19H2,1-6H3,(H,36,40)/t20-,26+/m1/s1. The number of sulfonamides is 1. The van der Waals surface area contributed by atoms with Crippen LogP contribution in [-0.2, 0) is 26.2 Å². The van der Waals surface area contributed by atoms with Crippen molar-refractivity contribution in [3.05, 3.63) is 75.2 Å². The Balaban J connectivity index is 2.21. The van der Waals surface area contributed by atoms with Crippen LogP contribution in [0.4, 0.5) is 5.69 Å². The summed E-state index contributed by atoms with van der Waals surface area (Å²) in [6, 6.07) is 12.2. The van der Waals surface area contributed by atoms with E-state index in [1.807, 2.05) is 13.8 Å². The third-order valence-electron chi connectivity index (χ3n) is 7.41. The van der Waals surface area contributed by atoms with Crippen LogP contribution < -0.4 is 23.8 Å². The molecule has 46 heavy (non-hydrogen) atoms. The van der Waals surface area contributed by atoms with Crippen LogP contribution in [0, 0.1) is 0 Å². The van der Waals surface area contributed by atoms with Crippen molar-refractivity contribution < 1.29 is 32.2 Å². The van der Waals surface area contributed by atoms with Crippen molar-refractivity contribution in [1.82, 2.24) is 10.2 Å². The Morgan fingerprint density at radius 2 is 1.46 bits per heavy atom. The number of methoxy groups -OCH3 is 3. The van der Waals surface area contributed by atoms with E-state index in [0.717, 1.165) is 4.31 Å². The molecule has 0 saturated heterocycles. The molecule has 0 heterocycles. The summed E-state index contributed by atoms with van der Waals surface area (Å²) in [7, 11) is -0.323. The molecular formula is C32H38Cl3N3O7S. The number of carbonyl (C=O) groups is 2. The lowest BCUT2D eigenvalue weighted by Gasteiger charge is -2.34. The number of halogens is 3. The van der Waals surface area contributed by atoms with E-state index in [0.29, 0.717) is 17.7 Å². The molecule has 0 aromatic heterocycles. The average molecular weight is 715 g/mol. The van der Waals surface area contributed by atoms with Crippen LogP contribution in [0.1, 0.15) is 39.2 Å². The van der Waals surface area contributed by atoms with Crippen molar-refractivity contribution in [2.45, 2.75) is 57.1 Å². The first-order valence-corrected chi connectivity index (χ1v) is 17.0. The number of anilines is 1. The van der Waals surface area contributed by atoms with Crippen molar-refractivity contribution >= 4 is 62.3 Å². The molecule has 3 aromatic carbocycles. The van der Waals surface area contributed by atoms with Crippen molar-refractivity contribution in [3.8, 4) is 17.2 Å². The Morgan fingerprint density at radius 1 is 0.848 bits per heavy atom. The summed E-state index contributed by atoms with van der Waals surface area (Å²) in [5, 5.41) is 3.70. The summed E-state index contributed by atoms with van der Waals surface area (Å²) >= 11 is 19.3. The molecule has 1 N–H and O–H groups in total. The van der Waals surface area contributed by atoms with Crippen LogP contribution in [0.3, 0.4) is 0 Å². The molecule has 3 aromatic rings. The first-order chi connectivity index (χ1) is 21.8. The molecule has 0 saturated carbocycles. The summed E-state index contributed by atoms with van der Waals surface area (Å²) < 4.78 is 45.8. The Bertz CT molecular complexity index is 1640. The number of hydrogen-bond acceptors (Lipinski definition) is 7. The third kappa shape index (κ3) is 8.50. The molecular weight excluding hydrogens is 677 g/mol. The van der Waals surface area contributed by atoms with E-state index >= 15 is 0 Å². The fourth-order valence-corrected chi connectivity index (χ4v) is 6.81. The highest BCUT2D eigenvalue weighted by molar-refractivity contribution is 7.92. The smallest absolute Gasteiger partial charge is 0.265 e. The van der Waals surface area contributed by atoms with Crippen LogP contribution >= 0.6 is 34.8 Å². The van der Waals surface area contributed by atoms with Crippen LogP contribution in [0.5, 0.6) is 17.2 Å². The van der Waals surface area contributed by atoms with Gasteiger partial charge in [0.1, 0.15) is 18.3 Å². The molecule has 0 bridgehead atoms. The minimum Gasteiger partial charge on any atom is -0.495 e. The lowest BCUT2D eigenvalue weighted by molar-refractivity contribution is -0.140. The second kappa shape index (κ2) is 16.4. The number of hydrogen-bond donors (Lipinski definition) is 1. The van der Waals surface area contributed by atoms with Gasteiger partial charge in [-0.25, -0.2) is 8.42 Å². The number of nitrogens with zero attached hydrogens (tertiary/aromatic N) is 2. The van der Waals surface area contributed by atoms with E-state index in [1.165, 1.54) is 62.6 Å². The lowest BCUT2D eigenvalue weighted by Crippen LogP contribution is -2.53. The van der Waals surface area contributed by atoms with E-state index in [1.54, 1.807) is 25.1 Å². The zero-order chi connectivity index (χ0) is 34.2. The molecule has 0 unspecified atom stereocenters. The highest BCUT2D eigenvalue weighted by atomic mass is 35.5. The summed E-state index contributed by atoms with van der Waals surface area (Å²) in [5.74, 6) is -0.485. The van der Waals surface area contributed by atoms with Gasteiger partial charge in [0.25, 0.3) is 10.0 Å². The van der Waals surface area contributed by atoms with Gasteiger partial charge in [-0.1, -0.05) is 54.7 Å². The number of nitrogens with one attached hydrogen (secondary N) is 1. The van der Waals surface area contributed by atoms with Gasteiger partial charge in [0.2, 0.25) is 11.8 Å². The zero-order valence-electron chi connectivity index (χ0n) is 26.5. The number of benzene rings is 3. The fourth-order valence-electron chi connectivity index (χ4n) is 4.69. The molecule has 14 heteroatoms. The molecule has 0 fully saturated rings. The minimum atomic E-state index is -4.50. The second-order valence-corrected chi connectivity index (χ2v) is 13.4. The molecule has 0 aliphatic carbocycles. The van der Waals surface area contributed by atoms with Crippen molar-refractivity contribution in [2.75, 3.05) is 32.2 Å². The van der Waals surface area contributed by atoms with Gasteiger partial charge in [-0.2, -0.15) is 0 Å². The predicted molar refractivity (Wildman–Crippen MR) is 181 cm³/mol. The van der Waals surface area contributed by atoms with E-state index in [-0.39, 0.29) is 56.2 Å². The monoisotopic (exact) mass is 713 g/mol. The number of rotatable bonds is 15. The SMILES string of the molecule is CC[C@@H](C)NC(=O)[C@H](CC)N(Cc1c(Cl)cccc1Cl)C(=O)CN(c1cc(Cl)ccc1OC)S(=O)(=O)c1ccc(OC)c(OC)c1. The second-order valence-electron chi connectivity index (χ2n) is 10.3. The van der Waals surface area contributed by atoms with Crippen molar-refractivity contribution in [2.24, 2.45) is 0 Å². The molecule has 2 amide bonds. The predicted octanol–water partition coefficient (Wildman–Crippen LogP) is 6.59. The first kappa shape index (κ1) is 37.1. The summed E-state index contributed by atoms with van der Waals surface area (Å²) in [4.78, 5) is 29.1. The number of ether oxygens (including phenoxy) is 3. The number of carbonyl (C=O) groups excluding carboxylic acids is 2. The van der Waals surface area contributed by atoms with Crippen molar-refractivity contribution in [1.29, 1.82) is 0 Å². The summed E-state index contributed by atoms with van der Waals surface area (Å²) in [6.45, 7) is 4.63. The van der Waals surface area contributed by atoms with Crippen LogP contribution in [-0.4, -0.2) is 65.1 Å². The highest BCUT2D eigenvalue weighted by Gasteiger charge is 2.36. The first-order valence-electron chi connectivity index (χ1n) is 14.4. The Kier molecular flexibility index (Phi) is 13.3. The maximum absolute atomic E-state index is 14.4. The van der Waals surface area contributed by atoms with E-state index in [9.17, 15) is 18.0 Å². The molecule has 250 valence electrons. The van der Waals surface area contributed by atoms with Gasteiger partial charge in [0.05, 0.1) is 31.9 Å². The largest absolute Gasteiger partial charge is 0.495 e. The molecule has 0 radical (unpaired) electrons. The van der Waals surface area contributed by atoms with E-state index < -0.39 is 34.4 Å². The van der Waals surface area contributed by atoms with Gasteiger partial charge in [-0.3, -0.25) is 13.9 Å². The maximum atomic E-state index is 14.4. The summed E-state index contributed by atoms with van der Waals surface area (Å²) in [6.07, 6.45) is 0.886. The van der Waals surface area contributed by atoms with Gasteiger partial charge >= 0.3 is 0 Å². The normalized spacial score (nSPS) is 12.5. The molecule has 10 nitrogen and oxygen atoms in total. The Labute approximate surface area is 285 Å². The van der Waals surface area contributed by atoms with Crippen molar-refractivity contribution in [3.63, 3.8) is 0 Å². The van der Waals surface area contributed by atoms with Crippen LogP contribution in [0.2, 0.25) is 15.1 Å². The van der Waals surface area contributed by atoms with Gasteiger partial charge in [-0.05, 0) is 62.2 Å².